The maximum Gasteiger partial charge on any atom is 0.195 e. The molecule has 0 fully saturated rings. The zero-order valence-corrected chi connectivity index (χ0v) is 20.9. The van der Waals surface area contributed by atoms with Crippen molar-refractivity contribution in [3.63, 3.8) is 0 Å². The summed E-state index contributed by atoms with van der Waals surface area (Å²) in [5.74, 6) is 0.132. The third-order valence-electron chi connectivity index (χ3n) is 8.38. The van der Waals surface area contributed by atoms with E-state index in [0.717, 1.165) is 92.1 Å². The molecular weight excluding hydrogens is 520 g/mol. The first-order valence-corrected chi connectivity index (χ1v) is 13.1. The molecule has 0 bridgehead atoms. The van der Waals surface area contributed by atoms with Gasteiger partial charge in [0.2, 0.25) is 0 Å². The summed E-state index contributed by atoms with van der Waals surface area (Å²) in [4.78, 5) is 27.2. The molecule has 2 aliphatic carbocycles. The third kappa shape index (κ3) is 2.19. The van der Waals surface area contributed by atoms with Crippen molar-refractivity contribution >= 4 is 70.6 Å². The van der Waals surface area contributed by atoms with E-state index in [0.29, 0.717) is 0 Å². The highest BCUT2D eigenvalue weighted by Gasteiger charge is 2.31. The van der Waals surface area contributed by atoms with Gasteiger partial charge in [0.25, 0.3) is 0 Å². The van der Waals surface area contributed by atoms with Gasteiger partial charge in [-0.25, -0.2) is 0 Å². The van der Waals surface area contributed by atoms with Crippen LogP contribution in [0, 0.1) is 0 Å². The lowest BCUT2D eigenvalue weighted by atomic mass is 9.77. The molecule has 0 N–H and O–H groups in total. The Kier molecular flexibility index (Phi) is 3.48. The van der Waals surface area contributed by atoms with Gasteiger partial charge in [-0.1, -0.05) is 88.7 Å². The number of halogens is 1. The molecule has 37 heavy (non-hydrogen) atoms. The van der Waals surface area contributed by atoms with Crippen LogP contribution in [0.2, 0.25) is 0 Å². The number of carbonyl (C=O) groups is 2. The Balaban J connectivity index is 1.52. The monoisotopic (exact) mass is 534 g/mol. The average Bonchev–Trinajstić information content (AvgIpc) is 2.93. The van der Waals surface area contributed by atoms with E-state index in [2.05, 4.69) is 52.3 Å². The van der Waals surface area contributed by atoms with Crippen LogP contribution in [0.3, 0.4) is 0 Å². The third-order valence-corrected chi connectivity index (χ3v) is 9.04. The van der Waals surface area contributed by atoms with E-state index in [1.807, 2.05) is 54.6 Å². The van der Waals surface area contributed by atoms with Gasteiger partial charge in [0.15, 0.2) is 11.6 Å². The molecule has 0 saturated heterocycles. The van der Waals surface area contributed by atoms with Crippen LogP contribution in [0.4, 0.5) is 0 Å². The lowest BCUT2D eigenvalue weighted by Crippen LogP contribution is -2.12. The number of hydrogen-bond donors (Lipinski definition) is 0. The number of benzene rings is 7. The van der Waals surface area contributed by atoms with E-state index in [9.17, 15) is 9.59 Å². The Morgan fingerprint density at radius 3 is 1.49 bits per heavy atom. The smallest absolute Gasteiger partial charge is 0.195 e. The molecule has 7 aromatic rings. The van der Waals surface area contributed by atoms with Crippen molar-refractivity contribution in [3.8, 4) is 22.3 Å². The highest BCUT2D eigenvalue weighted by Crippen LogP contribution is 2.50. The van der Waals surface area contributed by atoms with Crippen molar-refractivity contribution in [1.29, 1.82) is 0 Å². The average molecular weight is 535 g/mol. The van der Waals surface area contributed by atoms with Gasteiger partial charge in [0, 0.05) is 37.5 Å². The predicted molar refractivity (Wildman–Crippen MR) is 153 cm³/mol. The van der Waals surface area contributed by atoms with Gasteiger partial charge in [0.05, 0.1) is 0 Å². The molecular formula is C34H15BrO2. The lowest BCUT2D eigenvalue weighted by molar-refractivity contribution is 0.103. The standard InChI is InChI=1S/C34H15BrO2/c35-27-7-3-6-17-19-10-11-21-22-12-14-25-30-18(16-4-1-2-5-24(16)33(25)36)8-9-20(28(22)30)23-13-15-26(31(19)29(21)23)34(37)32(17)27/h1-15H. The van der Waals surface area contributed by atoms with Crippen LogP contribution in [0.25, 0.3) is 65.3 Å². The van der Waals surface area contributed by atoms with Gasteiger partial charge < -0.3 is 0 Å². The Bertz CT molecular complexity index is 2220. The molecule has 0 atom stereocenters. The zero-order chi connectivity index (χ0) is 24.6. The van der Waals surface area contributed by atoms with E-state index in [-0.39, 0.29) is 11.6 Å². The number of hydrogen-bond acceptors (Lipinski definition) is 2. The van der Waals surface area contributed by atoms with Crippen LogP contribution >= 0.6 is 15.9 Å². The maximum absolute atomic E-state index is 13.7. The molecule has 0 radical (unpaired) electrons. The molecule has 2 nitrogen and oxygen atoms in total. The zero-order valence-electron chi connectivity index (χ0n) is 19.4. The SMILES string of the molecule is O=C1c2ccccc2-c2ccc3c4ccc5c6c(ccc(c7ccc1c2c37)c64)-c1cccc(Br)c1C5=O. The Morgan fingerprint density at radius 1 is 0.378 bits per heavy atom. The van der Waals surface area contributed by atoms with Crippen molar-refractivity contribution in [2.24, 2.45) is 0 Å². The van der Waals surface area contributed by atoms with Crippen LogP contribution in [0.5, 0.6) is 0 Å². The predicted octanol–water partition coefficient (Wildman–Crippen LogP) is 8.92. The molecule has 0 amide bonds. The highest BCUT2D eigenvalue weighted by molar-refractivity contribution is 9.10. The molecule has 0 spiro atoms. The van der Waals surface area contributed by atoms with Crippen molar-refractivity contribution < 1.29 is 9.59 Å². The molecule has 2 aliphatic rings. The summed E-state index contributed by atoms with van der Waals surface area (Å²) in [6.07, 6.45) is 0. The molecule has 0 aliphatic heterocycles. The minimum atomic E-state index is 0.0527. The van der Waals surface area contributed by atoms with Crippen molar-refractivity contribution in [1.82, 2.24) is 0 Å². The van der Waals surface area contributed by atoms with E-state index in [1.165, 1.54) is 0 Å². The Labute approximate surface area is 219 Å². The molecule has 0 aromatic heterocycles. The number of rotatable bonds is 0. The Hall–Kier alpha value is -4.34. The maximum atomic E-state index is 13.7. The number of fused-ring (bicyclic) bond motifs is 6. The lowest BCUT2D eigenvalue weighted by Gasteiger charge is -2.25. The number of carbonyl (C=O) groups excluding carboxylic acids is 2. The largest absolute Gasteiger partial charge is 0.289 e. The fourth-order valence-corrected chi connectivity index (χ4v) is 7.44. The van der Waals surface area contributed by atoms with E-state index in [4.69, 9.17) is 0 Å². The molecule has 0 heterocycles. The van der Waals surface area contributed by atoms with Gasteiger partial charge in [-0.05, 0) is 72.8 Å². The molecule has 170 valence electrons. The van der Waals surface area contributed by atoms with Gasteiger partial charge >= 0.3 is 0 Å². The Morgan fingerprint density at radius 2 is 0.865 bits per heavy atom. The first-order valence-electron chi connectivity index (χ1n) is 12.3. The van der Waals surface area contributed by atoms with Crippen molar-refractivity contribution in [3.05, 3.63) is 118 Å². The summed E-state index contributed by atoms with van der Waals surface area (Å²) in [6.45, 7) is 0. The molecule has 3 heteroatoms. The quantitative estimate of drug-likeness (QED) is 0.144. The summed E-state index contributed by atoms with van der Waals surface area (Å²) < 4.78 is 0.823. The molecule has 9 rings (SSSR count). The fraction of sp³-hybridized carbons (Fsp3) is 0. The van der Waals surface area contributed by atoms with E-state index in [1.54, 1.807) is 0 Å². The summed E-state index contributed by atoms with van der Waals surface area (Å²) in [6, 6.07) is 30.7. The van der Waals surface area contributed by atoms with E-state index >= 15 is 0 Å². The second-order valence-corrected chi connectivity index (χ2v) is 10.9. The van der Waals surface area contributed by atoms with Gasteiger partial charge in [-0.3, -0.25) is 9.59 Å². The van der Waals surface area contributed by atoms with Gasteiger partial charge in [-0.15, -0.1) is 0 Å². The normalized spacial score (nSPS) is 13.6. The highest BCUT2D eigenvalue weighted by atomic mass is 79.9. The van der Waals surface area contributed by atoms with E-state index < -0.39 is 0 Å². The van der Waals surface area contributed by atoms with Crippen LogP contribution in [-0.4, -0.2) is 11.6 Å². The minimum absolute atomic E-state index is 0.0527. The van der Waals surface area contributed by atoms with Crippen LogP contribution < -0.4 is 0 Å². The van der Waals surface area contributed by atoms with Crippen LogP contribution in [-0.2, 0) is 0 Å². The van der Waals surface area contributed by atoms with Crippen molar-refractivity contribution in [2.75, 3.05) is 0 Å². The van der Waals surface area contributed by atoms with Crippen LogP contribution in [0.1, 0.15) is 31.8 Å². The summed E-state index contributed by atoms with van der Waals surface area (Å²) in [5.41, 5.74) is 7.14. The topological polar surface area (TPSA) is 34.1 Å². The summed E-state index contributed by atoms with van der Waals surface area (Å²) in [7, 11) is 0. The first kappa shape index (κ1) is 19.8. The van der Waals surface area contributed by atoms with Gasteiger partial charge in [-0.2, -0.15) is 0 Å². The van der Waals surface area contributed by atoms with Crippen molar-refractivity contribution in [2.45, 2.75) is 0 Å². The summed E-state index contributed by atoms with van der Waals surface area (Å²) in [5, 5.41) is 8.76. The number of ketones is 2. The van der Waals surface area contributed by atoms with Gasteiger partial charge in [0.1, 0.15) is 0 Å². The fourth-order valence-electron chi connectivity index (χ4n) is 6.89. The second-order valence-electron chi connectivity index (χ2n) is 10.0. The molecule has 7 aromatic carbocycles. The van der Waals surface area contributed by atoms with Crippen LogP contribution in [0.15, 0.2) is 95.5 Å². The summed E-state index contributed by atoms with van der Waals surface area (Å²) >= 11 is 3.61. The minimum Gasteiger partial charge on any atom is -0.289 e. The molecule has 0 unspecified atom stereocenters. The first-order chi connectivity index (χ1) is 18.1. The molecule has 0 saturated carbocycles. The second kappa shape index (κ2) is 6.50.